The zero-order chi connectivity index (χ0) is 24.2. The third-order valence-corrected chi connectivity index (χ3v) is 7.79. The number of halogens is 5. The van der Waals surface area contributed by atoms with Gasteiger partial charge in [-0.2, -0.15) is 13.2 Å². The van der Waals surface area contributed by atoms with Gasteiger partial charge in [0.1, 0.15) is 11.4 Å². The van der Waals surface area contributed by atoms with Crippen LogP contribution in [0.15, 0.2) is 36.4 Å². The average molecular weight is 494 g/mol. The Morgan fingerprint density at radius 3 is 2.56 bits per heavy atom. The molecule has 34 heavy (non-hydrogen) atoms. The summed E-state index contributed by atoms with van der Waals surface area (Å²) < 4.78 is 54.4. The second-order valence-electron chi connectivity index (χ2n) is 8.99. The van der Waals surface area contributed by atoms with Crippen LogP contribution in [0.2, 0.25) is 5.02 Å². The number of amides is 3. The van der Waals surface area contributed by atoms with E-state index >= 15 is 0 Å². The lowest BCUT2D eigenvalue weighted by Gasteiger charge is -2.36. The SMILES string of the molecule is O=C1[C@@H]2[C@@H]3CCCN3[C@@]3(C(=O)Nc4ccc(F)cc43)[C@H]2C(=O)N1c1cc(C(F)(F)F)ccc1Cl. The molecule has 6 nitrogen and oxygen atoms in total. The van der Waals surface area contributed by atoms with Crippen LogP contribution in [-0.2, 0) is 26.1 Å². The van der Waals surface area contributed by atoms with Crippen molar-refractivity contribution < 1.29 is 31.9 Å². The highest BCUT2D eigenvalue weighted by atomic mass is 35.5. The molecule has 3 fully saturated rings. The van der Waals surface area contributed by atoms with E-state index in [4.69, 9.17) is 11.6 Å². The lowest BCUT2D eigenvalue weighted by atomic mass is 9.75. The van der Waals surface area contributed by atoms with Crippen LogP contribution in [0.1, 0.15) is 24.0 Å². The quantitative estimate of drug-likeness (QED) is 0.483. The number of hydrogen-bond donors (Lipinski definition) is 1. The smallest absolute Gasteiger partial charge is 0.324 e. The van der Waals surface area contributed by atoms with Crippen molar-refractivity contribution >= 4 is 40.7 Å². The summed E-state index contributed by atoms with van der Waals surface area (Å²) in [4.78, 5) is 43.4. The molecule has 3 amide bonds. The zero-order valence-corrected chi connectivity index (χ0v) is 18.1. The van der Waals surface area contributed by atoms with Gasteiger partial charge in [0.15, 0.2) is 0 Å². The Balaban J connectivity index is 1.54. The lowest BCUT2D eigenvalue weighted by Crippen LogP contribution is -2.54. The molecule has 0 bridgehead atoms. The Hall–Kier alpha value is -2.98. The molecule has 2 aromatic carbocycles. The molecule has 4 heterocycles. The molecule has 6 rings (SSSR count). The largest absolute Gasteiger partial charge is 0.416 e. The van der Waals surface area contributed by atoms with Crippen LogP contribution in [0, 0.1) is 17.7 Å². The van der Waals surface area contributed by atoms with Crippen molar-refractivity contribution in [2.75, 3.05) is 16.8 Å². The van der Waals surface area contributed by atoms with Crippen LogP contribution < -0.4 is 10.2 Å². The number of hydrogen-bond acceptors (Lipinski definition) is 4. The average Bonchev–Trinajstić information content (AvgIpc) is 3.47. The van der Waals surface area contributed by atoms with E-state index in [1.807, 2.05) is 0 Å². The van der Waals surface area contributed by atoms with E-state index in [0.29, 0.717) is 36.0 Å². The molecule has 4 aliphatic heterocycles. The molecule has 3 saturated heterocycles. The van der Waals surface area contributed by atoms with Crippen LogP contribution in [-0.4, -0.2) is 35.2 Å². The highest BCUT2D eigenvalue weighted by Gasteiger charge is 2.74. The van der Waals surface area contributed by atoms with Gasteiger partial charge in [0.05, 0.1) is 28.1 Å². The summed E-state index contributed by atoms with van der Waals surface area (Å²) in [5, 5.41) is 2.51. The molecule has 11 heteroatoms. The van der Waals surface area contributed by atoms with Crippen LogP contribution in [0.3, 0.4) is 0 Å². The number of alkyl halides is 3. The number of fused-ring (bicyclic) bond motifs is 7. The van der Waals surface area contributed by atoms with Gasteiger partial charge in [0, 0.05) is 17.3 Å². The molecular weight excluding hydrogens is 478 g/mol. The maximum Gasteiger partial charge on any atom is 0.416 e. The first-order chi connectivity index (χ1) is 16.1. The molecule has 0 aliphatic carbocycles. The summed E-state index contributed by atoms with van der Waals surface area (Å²) in [7, 11) is 0. The fourth-order valence-corrected chi connectivity index (χ4v) is 6.48. The molecule has 2 aromatic rings. The van der Waals surface area contributed by atoms with Crippen molar-refractivity contribution in [1.29, 1.82) is 0 Å². The van der Waals surface area contributed by atoms with Crippen LogP contribution in [0.4, 0.5) is 28.9 Å². The van der Waals surface area contributed by atoms with E-state index in [1.165, 1.54) is 18.2 Å². The third kappa shape index (κ3) is 2.52. The highest BCUT2D eigenvalue weighted by Crippen LogP contribution is 2.61. The Bertz CT molecular complexity index is 1300. The predicted octanol–water partition coefficient (Wildman–Crippen LogP) is 3.93. The molecule has 0 unspecified atom stereocenters. The normalized spacial score (nSPS) is 30.2. The van der Waals surface area contributed by atoms with Crippen LogP contribution in [0.5, 0.6) is 0 Å². The van der Waals surface area contributed by atoms with Gasteiger partial charge >= 0.3 is 6.18 Å². The number of benzene rings is 2. The van der Waals surface area contributed by atoms with Crippen molar-refractivity contribution in [3.05, 3.63) is 58.4 Å². The number of carbonyl (C=O) groups excluding carboxylic acids is 3. The third-order valence-electron chi connectivity index (χ3n) is 7.47. The van der Waals surface area contributed by atoms with Crippen molar-refractivity contribution in [2.45, 2.75) is 30.6 Å². The predicted molar refractivity (Wildman–Crippen MR) is 112 cm³/mol. The van der Waals surface area contributed by atoms with Crippen molar-refractivity contribution in [3.8, 4) is 0 Å². The number of rotatable bonds is 1. The van der Waals surface area contributed by atoms with Gasteiger partial charge in [-0.25, -0.2) is 9.29 Å². The molecule has 0 aromatic heterocycles. The zero-order valence-electron chi connectivity index (χ0n) is 17.3. The Kier molecular flexibility index (Phi) is 4.30. The van der Waals surface area contributed by atoms with Gasteiger partial charge in [0.2, 0.25) is 17.7 Å². The first kappa shape index (κ1) is 21.5. The molecule has 0 radical (unpaired) electrons. The maximum absolute atomic E-state index is 14.3. The number of anilines is 2. The summed E-state index contributed by atoms with van der Waals surface area (Å²) >= 11 is 6.15. The molecule has 4 aliphatic rings. The minimum atomic E-state index is -4.72. The fraction of sp³-hybridized carbons (Fsp3) is 0.348. The highest BCUT2D eigenvalue weighted by molar-refractivity contribution is 6.36. The fourth-order valence-electron chi connectivity index (χ4n) is 6.27. The van der Waals surface area contributed by atoms with Gasteiger partial charge in [0.25, 0.3) is 0 Å². The minimum Gasteiger partial charge on any atom is -0.324 e. The van der Waals surface area contributed by atoms with Crippen molar-refractivity contribution in [2.24, 2.45) is 11.8 Å². The summed E-state index contributed by atoms with van der Waals surface area (Å²) in [6.45, 7) is 0.423. The van der Waals surface area contributed by atoms with Crippen molar-refractivity contribution in [1.82, 2.24) is 4.90 Å². The maximum atomic E-state index is 14.3. The summed E-state index contributed by atoms with van der Waals surface area (Å²) in [6, 6.07) is 5.70. The molecule has 1 N–H and O–H groups in total. The standard InChI is InChI=1S/C23H16ClF4N3O3/c24-13-5-3-10(23(26,27)28)8-16(13)31-19(32)17-15-2-1-7-30(15)22(18(17)20(31)33)12-9-11(25)4-6-14(12)29-21(22)34/h3-6,8-9,15,17-18H,1-2,7H2,(H,29,34)/t15-,17+,18+,22+/m0/s1. The Labute approximate surface area is 195 Å². The monoisotopic (exact) mass is 493 g/mol. The second-order valence-corrected chi connectivity index (χ2v) is 9.40. The number of nitrogens with one attached hydrogen (secondary N) is 1. The van der Waals surface area contributed by atoms with E-state index in [-0.39, 0.29) is 16.3 Å². The summed E-state index contributed by atoms with van der Waals surface area (Å²) in [6.07, 6.45) is -3.55. The Morgan fingerprint density at radius 2 is 1.82 bits per heavy atom. The van der Waals surface area contributed by atoms with E-state index in [1.54, 1.807) is 4.90 Å². The molecule has 176 valence electrons. The van der Waals surface area contributed by atoms with E-state index < -0.39 is 58.7 Å². The number of nitrogens with zero attached hydrogens (tertiary/aromatic N) is 2. The van der Waals surface area contributed by atoms with E-state index in [9.17, 15) is 31.9 Å². The molecule has 1 spiro atoms. The minimum absolute atomic E-state index is 0.200. The van der Waals surface area contributed by atoms with E-state index in [0.717, 1.165) is 12.1 Å². The first-order valence-electron chi connectivity index (χ1n) is 10.7. The van der Waals surface area contributed by atoms with Crippen LogP contribution >= 0.6 is 11.6 Å². The van der Waals surface area contributed by atoms with Crippen LogP contribution in [0.25, 0.3) is 0 Å². The topological polar surface area (TPSA) is 69.7 Å². The molecular formula is C23H16ClF4N3O3. The lowest BCUT2D eigenvalue weighted by molar-refractivity contribution is -0.137. The van der Waals surface area contributed by atoms with Gasteiger partial charge in [-0.05, 0) is 55.8 Å². The second kappa shape index (κ2) is 6.79. The Morgan fingerprint density at radius 1 is 1.06 bits per heavy atom. The summed E-state index contributed by atoms with van der Waals surface area (Å²) in [5.41, 5.74) is -2.46. The molecule has 0 saturated carbocycles. The van der Waals surface area contributed by atoms with Gasteiger partial charge < -0.3 is 5.32 Å². The summed E-state index contributed by atoms with van der Waals surface area (Å²) in [5.74, 6) is -4.88. The van der Waals surface area contributed by atoms with Gasteiger partial charge in [-0.1, -0.05) is 11.6 Å². The first-order valence-corrected chi connectivity index (χ1v) is 11.1. The van der Waals surface area contributed by atoms with Gasteiger partial charge in [-0.3, -0.25) is 19.3 Å². The molecule has 4 atom stereocenters. The van der Waals surface area contributed by atoms with Crippen molar-refractivity contribution in [3.63, 3.8) is 0 Å². The number of imide groups is 1. The number of carbonyl (C=O) groups is 3. The van der Waals surface area contributed by atoms with Gasteiger partial charge in [-0.15, -0.1) is 0 Å². The van der Waals surface area contributed by atoms with E-state index in [2.05, 4.69) is 5.32 Å².